The van der Waals surface area contributed by atoms with Crippen molar-refractivity contribution in [2.45, 2.75) is 23.8 Å². The van der Waals surface area contributed by atoms with Crippen molar-refractivity contribution in [3.8, 4) is 0 Å². The Balaban J connectivity index is 2.27. The molecule has 1 heterocycles. The molecule has 0 aliphatic rings. The first kappa shape index (κ1) is 11.1. The quantitative estimate of drug-likeness (QED) is 0.867. The SMILES string of the molecule is Cc1ccc(Sc2nn(C)cc2N)cc1C. The molecular weight excluding hydrogens is 218 g/mol. The minimum Gasteiger partial charge on any atom is -0.395 e. The van der Waals surface area contributed by atoms with Gasteiger partial charge >= 0.3 is 0 Å². The lowest BCUT2D eigenvalue weighted by Crippen LogP contribution is -1.87. The second kappa shape index (κ2) is 4.22. The van der Waals surface area contributed by atoms with Crippen LogP contribution in [0.3, 0.4) is 0 Å². The molecule has 2 N–H and O–H groups in total. The van der Waals surface area contributed by atoms with Gasteiger partial charge in [0.2, 0.25) is 0 Å². The zero-order valence-corrected chi connectivity index (χ0v) is 10.5. The summed E-state index contributed by atoms with van der Waals surface area (Å²) in [5, 5.41) is 5.18. The Bertz CT molecular complexity index is 517. The van der Waals surface area contributed by atoms with E-state index in [-0.39, 0.29) is 0 Å². The number of nitrogens with two attached hydrogens (primary N) is 1. The molecule has 0 amide bonds. The maximum Gasteiger partial charge on any atom is 0.146 e. The number of rotatable bonds is 2. The van der Waals surface area contributed by atoms with Gasteiger partial charge in [0.1, 0.15) is 5.03 Å². The highest BCUT2D eigenvalue weighted by atomic mass is 32.2. The van der Waals surface area contributed by atoms with Crippen LogP contribution in [0.15, 0.2) is 34.3 Å². The van der Waals surface area contributed by atoms with Crippen LogP contribution in [0.2, 0.25) is 0 Å². The molecule has 84 valence electrons. The van der Waals surface area contributed by atoms with E-state index in [4.69, 9.17) is 5.73 Å². The zero-order chi connectivity index (χ0) is 11.7. The molecule has 0 saturated carbocycles. The summed E-state index contributed by atoms with van der Waals surface area (Å²) in [6, 6.07) is 6.38. The molecule has 0 fully saturated rings. The molecule has 0 atom stereocenters. The number of nitrogens with zero attached hydrogens (tertiary/aromatic N) is 2. The number of benzene rings is 1. The summed E-state index contributed by atoms with van der Waals surface area (Å²) >= 11 is 1.60. The number of aryl methyl sites for hydroxylation is 3. The van der Waals surface area contributed by atoms with Crippen molar-refractivity contribution in [1.29, 1.82) is 0 Å². The number of hydrogen-bond acceptors (Lipinski definition) is 3. The smallest absolute Gasteiger partial charge is 0.146 e. The van der Waals surface area contributed by atoms with Crippen molar-refractivity contribution in [3.05, 3.63) is 35.5 Å². The monoisotopic (exact) mass is 233 g/mol. The van der Waals surface area contributed by atoms with E-state index in [9.17, 15) is 0 Å². The topological polar surface area (TPSA) is 43.8 Å². The first-order valence-electron chi connectivity index (χ1n) is 5.10. The molecule has 0 spiro atoms. The second-order valence-electron chi connectivity index (χ2n) is 3.91. The molecule has 0 bridgehead atoms. The van der Waals surface area contributed by atoms with Gasteiger partial charge in [-0.05, 0) is 37.1 Å². The third kappa shape index (κ3) is 2.22. The highest BCUT2D eigenvalue weighted by molar-refractivity contribution is 7.99. The second-order valence-corrected chi connectivity index (χ2v) is 4.97. The van der Waals surface area contributed by atoms with Crippen molar-refractivity contribution in [3.63, 3.8) is 0 Å². The third-order valence-electron chi connectivity index (χ3n) is 2.51. The van der Waals surface area contributed by atoms with E-state index in [0.29, 0.717) is 0 Å². The van der Waals surface area contributed by atoms with Crippen LogP contribution in [0.1, 0.15) is 11.1 Å². The minimum atomic E-state index is 0.728. The van der Waals surface area contributed by atoms with Crippen LogP contribution in [0.5, 0.6) is 0 Å². The third-order valence-corrected chi connectivity index (χ3v) is 3.51. The Morgan fingerprint density at radius 1 is 1.25 bits per heavy atom. The Kier molecular flexibility index (Phi) is 2.92. The van der Waals surface area contributed by atoms with E-state index in [1.807, 2.05) is 13.2 Å². The van der Waals surface area contributed by atoms with Crippen molar-refractivity contribution < 1.29 is 0 Å². The van der Waals surface area contributed by atoms with Crippen LogP contribution in [0, 0.1) is 13.8 Å². The van der Waals surface area contributed by atoms with Crippen LogP contribution in [-0.4, -0.2) is 9.78 Å². The van der Waals surface area contributed by atoms with Crippen molar-refractivity contribution in [2.24, 2.45) is 7.05 Å². The summed E-state index contributed by atoms with van der Waals surface area (Å²) in [5.41, 5.74) is 9.18. The Morgan fingerprint density at radius 2 is 2.00 bits per heavy atom. The molecule has 2 aromatic rings. The fraction of sp³-hybridized carbons (Fsp3) is 0.250. The summed E-state index contributed by atoms with van der Waals surface area (Å²) in [7, 11) is 1.88. The van der Waals surface area contributed by atoms with Gasteiger partial charge in [-0.3, -0.25) is 4.68 Å². The first-order valence-corrected chi connectivity index (χ1v) is 5.92. The van der Waals surface area contributed by atoms with Gasteiger partial charge in [0.25, 0.3) is 0 Å². The lowest BCUT2D eigenvalue weighted by atomic mass is 10.1. The summed E-state index contributed by atoms with van der Waals surface area (Å²) in [6.07, 6.45) is 1.82. The summed E-state index contributed by atoms with van der Waals surface area (Å²) in [5.74, 6) is 0. The van der Waals surface area contributed by atoms with Gasteiger partial charge in [0.05, 0.1) is 5.69 Å². The highest BCUT2D eigenvalue weighted by Gasteiger charge is 2.06. The van der Waals surface area contributed by atoms with Crippen LogP contribution in [0.25, 0.3) is 0 Å². The molecule has 1 aromatic carbocycles. The molecule has 0 radical (unpaired) electrons. The predicted molar refractivity (Wildman–Crippen MR) is 67.7 cm³/mol. The fourth-order valence-corrected chi connectivity index (χ4v) is 2.39. The van der Waals surface area contributed by atoms with E-state index in [1.165, 1.54) is 16.0 Å². The van der Waals surface area contributed by atoms with E-state index >= 15 is 0 Å². The lowest BCUT2D eigenvalue weighted by Gasteiger charge is -2.03. The minimum absolute atomic E-state index is 0.728. The van der Waals surface area contributed by atoms with Crippen LogP contribution in [-0.2, 0) is 7.05 Å². The normalized spacial score (nSPS) is 10.7. The molecule has 2 rings (SSSR count). The van der Waals surface area contributed by atoms with Crippen molar-refractivity contribution in [2.75, 3.05) is 5.73 Å². The maximum atomic E-state index is 5.85. The van der Waals surface area contributed by atoms with Gasteiger partial charge < -0.3 is 5.73 Å². The lowest BCUT2D eigenvalue weighted by molar-refractivity contribution is 0.738. The largest absolute Gasteiger partial charge is 0.395 e. The fourth-order valence-electron chi connectivity index (χ4n) is 1.45. The summed E-state index contributed by atoms with van der Waals surface area (Å²) in [6.45, 7) is 4.22. The van der Waals surface area contributed by atoms with Crippen LogP contribution in [0.4, 0.5) is 5.69 Å². The van der Waals surface area contributed by atoms with Crippen molar-refractivity contribution >= 4 is 17.4 Å². The van der Waals surface area contributed by atoms with Gasteiger partial charge in [0.15, 0.2) is 0 Å². The molecule has 4 heteroatoms. The molecule has 0 aliphatic heterocycles. The Hall–Kier alpha value is -1.42. The van der Waals surface area contributed by atoms with E-state index in [2.05, 4.69) is 37.1 Å². The van der Waals surface area contributed by atoms with Gasteiger partial charge in [-0.1, -0.05) is 17.8 Å². The molecule has 1 aromatic heterocycles. The van der Waals surface area contributed by atoms with Crippen LogP contribution >= 0.6 is 11.8 Å². The Morgan fingerprint density at radius 3 is 2.56 bits per heavy atom. The van der Waals surface area contributed by atoms with E-state index in [0.717, 1.165) is 10.7 Å². The predicted octanol–water partition coefficient (Wildman–Crippen LogP) is 2.77. The van der Waals surface area contributed by atoms with Gasteiger partial charge in [0, 0.05) is 18.1 Å². The molecule has 0 aliphatic carbocycles. The van der Waals surface area contributed by atoms with Crippen molar-refractivity contribution in [1.82, 2.24) is 9.78 Å². The first-order chi connectivity index (χ1) is 7.56. The number of aromatic nitrogens is 2. The van der Waals surface area contributed by atoms with E-state index < -0.39 is 0 Å². The highest BCUT2D eigenvalue weighted by Crippen LogP contribution is 2.31. The average molecular weight is 233 g/mol. The molecule has 0 unspecified atom stereocenters. The molecule has 3 nitrogen and oxygen atoms in total. The molecule has 16 heavy (non-hydrogen) atoms. The molecule has 0 saturated heterocycles. The van der Waals surface area contributed by atoms with Gasteiger partial charge in [-0.25, -0.2) is 0 Å². The number of hydrogen-bond donors (Lipinski definition) is 1. The average Bonchev–Trinajstić information content (AvgIpc) is 2.51. The van der Waals surface area contributed by atoms with Gasteiger partial charge in [-0.15, -0.1) is 0 Å². The standard InChI is InChI=1S/C12H15N3S/c1-8-4-5-10(6-9(8)2)16-12-11(13)7-15(3)14-12/h4-7H,13H2,1-3H3. The zero-order valence-electron chi connectivity index (χ0n) is 9.69. The summed E-state index contributed by atoms with van der Waals surface area (Å²) in [4.78, 5) is 1.17. The number of anilines is 1. The van der Waals surface area contributed by atoms with E-state index in [1.54, 1.807) is 16.4 Å². The van der Waals surface area contributed by atoms with Gasteiger partial charge in [-0.2, -0.15) is 5.10 Å². The summed E-state index contributed by atoms with van der Waals surface area (Å²) < 4.78 is 1.73. The Labute approximate surface area is 99.7 Å². The number of nitrogen functional groups attached to an aromatic ring is 1. The maximum absolute atomic E-state index is 5.85. The van der Waals surface area contributed by atoms with Crippen LogP contribution < -0.4 is 5.73 Å². The molecular formula is C12H15N3S.